The molecule has 0 saturated carbocycles. The summed E-state index contributed by atoms with van der Waals surface area (Å²) in [5.41, 5.74) is 2.01. The molecule has 0 amide bonds. The lowest BCUT2D eigenvalue weighted by Crippen LogP contribution is -2.99. The van der Waals surface area contributed by atoms with Gasteiger partial charge in [-0.05, 0) is 36.2 Å². The van der Waals surface area contributed by atoms with Crippen LogP contribution in [-0.2, 0) is 6.54 Å². The first-order valence-electron chi connectivity index (χ1n) is 9.26. The Hall–Kier alpha value is -2.82. The Balaban J connectivity index is 1.51. The van der Waals surface area contributed by atoms with Crippen molar-refractivity contribution in [3.05, 3.63) is 65.2 Å². The fourth-order valence-electron chi connectivity index (χ4n) is 3.53. The lowest BCUT2D eigenvalue weighted by Gasteiger charge is -2.21. The summed E-state index contributed by atoms with van der Waals surface area (Å²) < 4.78 is 10.7. The number of ether oxygens (including phenoxy) is 1. The number of hydrogen-bond acceptors (Lipinski definition) is 8. The van der Waals surface area contributed by atoms with Crippen LogP contribution in [0.15, 0.2) is 53.1 Å². The van der Waals surface area contributed by atoms with Crippen molar-refractivity contribution in [1.82, 2.24) is 15.0 Å². The Morgan fingerprint density at radius 2 is 1.93 bits per heavy atom. The van der Waals surface area contributed by atoms with E-state index in [4.69, 9.17) is 14.5 Å². The number of methoxy groups -OCH3 is 1. The number of benzene rings is 2. The van der Waals surface area contributed by atoms with Crippen molar-refractivity contribution in [1.29, 1.82) is 0 Å². The van der Waals surface area contributed by atoms with Gasteiger partial charge in [0, 0.05) is 30.8 Å². The van der Waals surface area contributed by atoms with E-state index in [1.165, 1.54) is 0 Å². The van der Waals surface area contributed by atoms with Gasteiger partial charge in [0.15, 0.2) is 5.69 Å². The van der Waals surface area contributed by atoms with Crippen molar-refractivity contribution >= 4 is 5.69 Å². The first-order valence-corrected chi connectivity index (χ1v) is 9.26. The van der Waals surface area contributed by atoms with Crippen molar-refractivity contribution in [2.45, 2.75) is 25.1 Å². The molecule has 1 saturated heterocycles. The summed E-state index contributed by atoms with van der Waals surface area (Å²) >= 11 is 0. The van der Waals surface area contributed by atoms with Gasteiger partial charge in [0.25, 0.3) is 0 Å². The highest BCUT2D eigenvalue weighted by atomic mass is 16.8. The van der Waals surface area contributed by atoms with Gasteiger partial charge in [-0.3, -0.25) is 4.90 Å². The molecule has 2 aromatic carbocycles. The summed E-state index contributed by atoms with van der Waals surface area (Å²) in [6.07, 6.45) is 0.00639. The summed E-state index contributed by atoms with van der Waals surface area (Å²) in [5, 5.41) is 33.4. The maximum Gasteiger partial charge on any atom is 0.244 e. The van der Waals surface area contributed by atoms with E-state index in [-0.39, 0.29) is 11.7 Å². The van der Waals surface area contributed by atoms with Crippen LogP contribution >= 0.6 is 0 Å². The molecule has 1 aliphatic heterocycles. The van der Waals surface area contributed by atoms with E-state index in [1.807, 2.05) is 24.3 Å². The number of hydrogen-bond donors (Lipinski definition) is 3. The van der Waals surface area contributed by atoms with E-state index in [9.17, 15) is 10.3 Å². The SMILES string of the molecule is COc1ccc(-c2noc([C@@H]3C[C@@H](O)CN3Cc3ccc([NH+]([O-])O)cc3)n2)cc1. The van der Waals surface area contributed by atoms with Gasteiger partial charge in [-0.15, -0.1) is 0 Å². The van der Waals surface area contributed by atoms with Crippen molar-refractivity contribution in [2.24, 2.45) is 0 Å². The number of rotatable bonds is 6. The monoisotopic (exact) mass is 398 g/mol. The van der Waals surface area contributed by atoms with Crippen LogP contribution in [0.1, 0.15) is 23.9 Å². The van der Waals surface area contributed by atoms with Gasteiger partial charge in [0.05, 0.1) is 19.3 Å². The second-order valence-electron chi connectivity index (χ2n) is 7.02. The largest absolute Gasteiger partial charge is 0.595 e. The smallest absolute Gasteiger partial charge is 0.244 e. The molecule has 1 aliphatic rings. The van der Waals surface area contributed by atoms with Gasteiger partial charge in [0.2, 0.25) is 11.7 Å². The minimum absolute atomic E-state index is 0.205. The molecule has 3 N–H and O–H groups in total. The number of quaternary nitrogens is 1. The zero-order valence-corrected chi connectivity index (χ0v) is 15.9. The van der Waals surface area contributed by atoms with E-state index in [1.54, 1.807) is 31.4 Å². The molecule has 0 bridgehead atoms. The summed E-state index contributed by atoms with van der Waals surface area (Å²) in [6, 6.07) is 13.9. The van der Waals surface area contributed by atoms with E-state index >= 15 is 0 Å². The predicted octanol–water partition coefficient (Wildman–Crippen LogP) is 1.46. The van der Waals surface area contributed by atoms with Gasteiger partial charge < -0.3 is 19.6 Å². The van der Waals surface area contributed by atoms with Crippen LogP contribution in [0.5, 0.6) is 5.75 Å². The third kappa shape index (κ3) is 4.29. The Morgan fingerprint density at radius 3 is 2.59 bits per heavy atom. The second kappa shape index (κ2) is 8.27. The fourth-order valence-corrected chi connectivity index (χ4v) is 3.53. The second-order valence-corrected chi connectivity index (χ2v) is 7.02. The lowest BCUT2D eigenvalue weighted by atomic mass is 10.1. The number of aliphatic hydroxyl groups is 1. The summed E-state index contributed by atoms with van der Waals surface area (Å²) in [5.74, 6) is 1.68. The summed E-state index contributed by atoms with van der Waals surface area (Å²) in [6.45, 7) is 1.02. The Morgan fingerprint density at radius 1 is 1.21 bits per heavy atom. The topological polar surface area (TPSA) is 119 Å². The normalized spacial score (nSPS) is 20.7. The number of aromatic nitrogens is 2. The van der Waals surface area contributed by atoms with Crippen molar-refractivity contribution < 1.29 is 24.8 Å². The van der Waals surface area contributed by atoms with Gasteiger partial charge in [0.1, 0.15) is 5.75 Å². The Kier molecular flexibility index (Phi) is 5.56. The molecule has 0 spiro atoms. The van der Waals surface area contributed by atoms with Crippen LogP contribution in [0.4, 0.5) is 5.69 Å². The average Bonchev–Trinajstić information content (AvgIpc) is 3.35. The fraction of sp³-hybridized carbons (Fsp3) is 0.300. The molecule has 9 nitrogen and oxygen atoms in total. The van der Waals surface area contributed by atoms with E-state index in [0.717, 1.165) is 16.9 Å². The zero-order chi connectivity index (χ0) is 20.4. The molecule has 152 valence electrons. The summed E-state index contributed by atoms with van der Waals surface area (Å²) in [7, 11) is 1.61. The number of β-amino-alcohol motifs (C(OH)–C–C–N with tert-alkyl or cyclic N) is 1. The number of likely N-dealkylation sites (tertiary alicyclic amines) is 1. The zero-order valence-electron chi connectivity index (χ0n) is 15.9. The number of nitrogens with zero attached hydrogens (tertiary/aromatic N) is 3. The van der Waals surface area contributed by atoms with Gasteiger partial charge in [-0.2, -0.15) is 10.2 Å². The maximum absolute atomic E-state index is 11.0. The first kappa shape index (κ1) is 19.5. The average molecular weight is 398 g/mol. The molecule has 4 rings (SSSR count). The highest BCUT2D eigenvalue weighted by Gasteiger charge is 2.36. The quantitative estimate of drug-likeness (QED) is 0.534. The minimum atomic E-state index is -0.956. The highest BCUT2D eigenvalue weighted by Crippen LogP contribution is 2.33. The van der Waals surface area contributed by atoms with Crippen molar-refractivity contribution in [2.75, 3.05) is 13.7 Å². The molecular weight excluding hydrogens is 376 g/mol. The molecule has 0 radical (unpaired) electrons. The molecular formula is C20H22N4O5. The molecule has 3 atom stereocenters. The van der Waals surface area contributed by atoms with Gasteiger partial charge >= 0.3 is 0 Å². The standard InChI is InChI=1S/C20H22N4O5/c1-28-17-8-4-14(5-9-17)19-21-20(29-22-19)18-10-16(25)12-23(18)11-13-2-6-15(7-3-13)24(26)27/h2-9,16,18,24-26H,10-12H2,1H3/t16-,18+/m1/s1. The minimum Gasteiger partial charge on any atom is -0.595 e. The van der Waals surface area contributed by atoms with E-state index < -0.39 is 11.3 Å². The van der Waals surface area contributed by atoms with Crippen LogP contribution in [-0.4, -0.2) is 45.1 Å². The van der Waals surface area contributed by atoms with Crippen LogP contribution in [0.25, 0.3) is 11.4 Å². The molecule has 29 heavy (non-hydrogen) atoms. The highest BCUT2D eigenvalue weighted by molar-refractivity contribution is 5.55. The number of aliphatic hydroxyl groups excluding tert-OH is 1. The maximum atomic E-state index is 11.0. The van der Waals surface area contributed by atoms with Crippen LogP contribution in [0.2, 0.25) is 0 Å². The van der Waals surface area contributed by atoms with Gasteiger partial charge in [-0.25, -0.2) is 5.21 Å². The summed E-state index contributed by atoms with van der Waals surface area (Å²) in [4.78, 5) is 6.59. The molecule has 1 fully saturated rings. The van der Waals surface area contributed by atoms with E-state index in [0.29, 0.717) is 31.2 Å². The molecule has 0 aliphatic carbocycles. The molecule has 9 heteroatoms. The van der Waals surface area contributed by atoms with Crippen molar-refractivity contribution in [3.8, 4) is 17.1 Å². The van der Waals surface area contributed by atoms with Gasteiger partial charge in [-0.1, -0.05) is 17.3 Å². The first-order chi connectivity index (χ1) is 14.0. The predicted molar refractivity (Wildman–Crippen MR) is 102 cm³/mol. The third-order valence-corrected chi connectivity index (χ3v) is 5.04. The number of nitrogens with one attached hydrogen (secondary N) is 1. The lowest BCUT2D eigenvalue weighted by molar-refractivity contribution is -0.991. The van der Waals surface area contributed by atoms with E-state index in [2.05, 4.69) is 15.0 Å². The Labute approximate surface area is 167 Å². The Bertz CT molecular complexity index is 942. The van der Waals surface area contributed by atoms with Crippen LogP contribution < -0.4 is 9.96 Å². The van der Waals surface area contributed by atoms with Crippen LogP contribution in [0.3, 0.4) is 0 Å². The molecule has 2 heterocycles. The molecule has 1 unspecified atom stereocenters. The molecule has 1 aromatic heterocycles. The third-order valence-electron chi connectivity index (χ3n) is 5.04. The molecule has 3 aromatic rings. The van der Waals surface area contributed by atoms with Crippen molar-refractivity contribution in [3.63, 3.8) is 0 Å². The van der Waals surface area contributed by atoms with Crippen LogP contribution in [0, 0.1) is 5.21 Å².